The molecule has 0 radical (unpaired) electrons. The molecular weight excluding hydrogens is 344 g/mol. The highest BCUT2D eigenvalue weighted by Gasteiger charge is 2.27. The number of aromatic nitrogens is 3. The number of carbonyl (C=O) groups is 1. The van der Waals surface area contributed by atoms with E-state index in [1.165, 1.54) is 0 Å². The molecule has 1 aliphatic rings. The standard InChI is InChI=1S/C20H20N4O3/c1-14-13-18(22-27-14)20(26)23-11-9-16(10-12-23)24-19(25)8-7-17(21-24)15-5-3-2-4-6-15/h2-8,13,16H,9-12H2,1H3. The van der Waals surface area contributed by atoms with Crippen molar-refractivity contribution in [2.24, 2.45) is 0 Å². The largest absolute Gasteiger partial charge is 0.361 e. The third-order valence-corrected chi connectivity index (χ3v) is 4.84. The van der Waals surface area contributed by atoms with Crippen molar-refractivity contribution >= 4 is 5.91 Å². The summed E-state index contributed by atoms with van der Waals surface area (Å²) in [5, 5.41) is 8.36. The van der Waals surface area contributed by atoms with Gasteiger partial charge in [0.25, 0.3) is 11.5 Å². The van der Waals surface area contributed by atoms with Crippen molar-refractivity contribution in [1.82, 2.24) is 19.8 Å². The number of rotatable bonds is 3. The zero-order valence-corrected chi connectivity index (χ0v) is 15.0. The predicted octanol–water partition coefficient (Wildman–Crippen LogP) is 2.68. The molecule has 1 saturated heterocycles. The Morgan fingerprint density at radius 3 is 2.52 bits per heavy atom. The first-order valence-corrected chi connectivity index (χ1v) is 9.00. The number of likely N-dealkylation sites (tertiary alicyclic amines) is 1. The summed E-state index contributed by atoms with van der Waals surface area (Å²) in [4.78, 5) is 26.6. The van der Waals surface area contributed by atoms with Crippen LogP contribution in [0.5, 0.6) is 0 Å². The van der Waals surface area contributed by atoms with Gasteiger partial charge in [-0.15, -0.1) is 0 Å². The molecule has 3 heterocycles. The summed E-state index contributed by atoms with van der Waals surface area (Å²) in [5.41, 5.74) is 1.95. The van der Waals surface area contributed by atoms with Gasteiger partial charge in [0.2, 0.25) is 0 Å². The summed E-state index contributed by atoms with van der Waals surface area (Å²) < 4.78 is 6.54. The van der Waals surface area contributed by atoms with Crippen LogP contribution in [0, 0.1) is 6.92 Å². The van der Waals surface area contributed by atoms with E-state index >= 15 is 0 Å². The zero-order chi connectivity index (χ0) is 18.8. The summed E-state index contributed by atoms with van der Waals surface area (Å²) in [5.74, 6) is 0.477. The van der Waals surface area contributed by atoms with Crippen molar-refractivity contribution in [3.05, 3.63) is 70.3 Å². The molecule has 7 nitrogen and oxygen atoms in total. The fraction of sp³-hybridized carbons (Fsp3) is 0.300. The van der Waals surface area contributed by atoms with Gasteiger partial charge < -0.3 is 9.42 Å². The third kappa shape index (κ3) is 3.53. The van der Waals surface area contributed by atoms with E-state index in [2.05, 4.69) is 10.3 Å². The molecule has 0 unspecified atom stereocenters. The van der Waals surface area contributed by atoms with Crippen LogP contribution in [0.1, 0.15) is 35.1 Å². The van der Waals surface area contributed by atoms with Crippen LogP contribution in [-0.4, -0.2) is 38.8 Å². The Hall–Kier alpha value is -3.22. The summed E-state index contributed by atoms with van der Waals surface area (Å²) in [6.07, 6.45) is 1.35. The Kier molecular flexibility index (Phi) is 4.58. The smallest absolute Gasteiger partial charge is 0.276 e. The maximum atomic E-state index is 12.5. The molecule has 138 valence electrons. The Morgan fingerprint density at radius 2 is 1.85 bits per heavy atom. The second kappa shape index (κ2) is 7.19. The van der Waals surface area contributed by atoms with Gasteiger partial charge in [0.15, 0.2) is 5.69 Å². The molecule has 0 spiro atoms. The first-order chi connectivity index (χ1) is 13.1. The molecule has 1 aromatic carbocycles. The molecule has 2 aromatic heterocycles. The molecule has 0 saturated carbocycles. The van der Waals surface area contributed by atoms with Crippen LogP contribution < -0.4 is 5.56 Å². The highest BCUT2D eigenvalue weighted by Crippen LogP contribution is 2.23. The summed E-state index contributed by atoms with van der Waals surface area (Å²) in [6, 6.07) is 14.7. The average Bonchev–Trinajstić information content (AvgIpc) is 3.15. The van der Waals surface area contributed by atoms with Crippen molar-refractivity contribution < 1.29 is 9.32 Å². The second-order valence-corrected chi connectivity index (χ2v) is 6.71. The summed E-state index contributed by atoms with van der Waals surface area (Å²) in [7, 11) is 0. The maximum absolute atomic E-state index is 12.5. The third-order valence-electron chi connectivity index (χ3n) is 4.84. The molecule has 27 heavy (non-hydrogen) atoms. The number of amides is 1. The lowest BCUT2D eigenvalue weighted by Crippen LogP contribution is -2.41. The molecule has 7 heteroatoms. The molecular formula is C20H20N4O3. The van der Waals surface area contributed by atoms with Crippen LogP contribution in [-0.2, 0) is 0 Å². The van der Waals surface area contributed by atoms with Crippen molar-refractivity contribution in [1.29, 1.82) is 0 Å². The number of aryl methyl sites for hydroxylation is 1. The topological polar surface area (TPSA) is 81.2 Å². The molecule has 1 amide bonds. The maximum Gasteiger partial charge on any atom is 0.276 e. The lowest BCUT2D eigenvalue weighted by atomic mass is 10.0. The van der Waals surface area contributed by atoms with E-state index in [0.29, 0.717) is 37.4 Å². The van der Waals surface area contributed by atoms with Crippen molar-refractivity contribution in [2.75, 3.05) is 13.1 Å². The monoisotopic (exact) mass is 364 g/mol. The van der Waals surface area contributed by atoms with Gasteiger partial charge in [0.05, 0.1) is 11.7 Å². The second-order valence-electron chi connectivity index (χ2n) is 6.71. The Balaban J connectivity index is 1.50. The number of hydrogen-bond donors (Lipinski definition) is 0. The van der Waals surface area contributed by atoms with Gasteiger partial charge in [0, 0.05) is 30.8 Å². The molecule has 0 bridgehead atoms. The van der Waals surface area contributed by atoms with Crippen molar-refractivity contribution in [3.63, 3.8) is 0 Å². The minimum absolute atomic E-state index is 0.0238. The molecule has 3 aromatic rings. The minimum Gasteiger partial charge on any atom is -0.361 e. The predicted molar refractivity (Wildman–Crippen MR) is 99.3 cm³/mol. The van der Waals surface area contributed by atoms with Gasteiger partial charge in [-0.2, -0.15) is 5.10 Å². The highest BCUT2D eigenvalue weighted by atomic mass is 16.5. The molecule has 0 aliphatic carbocycles. The first-order valence-electron chi connectivity index (χ1n) is 9.00. The van der Waals surface area contributed by atoms with Crippen LogP contribution in [0.4, 0.5) is 0 Å². The first kappa shape index (κ1) is 17.2. The molecule has 1 aliphatic heterocycles. The lowest BCUT2D eigenvalue weighted by molar-refractivity contribution is 0.0677. The number of hydrogen-bond acceptors (Lipinski definition) is 5. The van der Waals surface area contributed by atoms with Gasteiger partial charge in [-0.1, -0.05) is 35.5 Å². The Bertz CT molecular complexity index is 1000. The number of benzene rings is 1. The summed E-state index contributed by atoms with van der Waals surface area (Å²) in [6.45, 7) is 2.87. The van der Waals surface area contributed by atoms with Gasteiger partial charge in [-0.05, 0) is 25.8 Å². The van der Waals surface area contributed by atoms with E-state index in [1.54, 1.807) is 34.7 Å². The van der Waals surface area contributed by atoms with Gasteiger partial charge >= 0.3 is 0 Å². The fourth-order valence-electron chi connectivity index (χ4n) is 3.39. The minimum atomic E-state index is -0.136. The van der Waals surface area contributed by atoms with E-state index < -0.39 is 0 Å². The summed E-state index contributed by atoms with van der Waals surface area (Å²) >= 11 is 0. The van der Waals surface area contributed by atoms with E-state index in [4.69, 9.17) is 4.52 Å². The Labute approximate surface area is 156 Å². The van der Waals surface area contributed by atoms with Crippen LogP contribution >= 0.6 is 0 Å². The molecule has 0 N–H and O–H groups in total. The number of carbonyl (C=O) groups excluding carboxylic acids is 1. The van der Waals surface area contributed by atoms with Crippen LogP contribution in [0.2, 0.25) is 0 Å². The molecule has 1 fully saturated rings. The quantitative estimate of drug-likeness (QED) is 0.714. The van der Waals surface area contributed by atoms with E-state index in [-0.39, 0.29) is 17.5 Å². The van der Waals surface area contributed by atoms with E-state index in [0.717, 1.165) is 11.3 Å². The SMILES string of the molecule is Cc1cc(C(=O)N2CCC(n3nc(-c4ccccc4)ccc3=O)CC2)no1. The van der Waals surface area contributed by atoms with Gasteiger partial charge in [-0.25, -0.2) is 4.68 Å². The Morgan fingerprint density at radius 1 is 1.11 bits per heavy atom. The molecule has 0 atom stereocenters. The average molecular weight is 364 g/mol. The van der Waals surface area contributed by atoms with Crippen molar-refractivity contribution in [2.45, 2.75) is 25.8 Å². The van der Waals surface area contributed by atoms with Crippen LogP contribution in [0.3, 0.4) is 0 Å². The van der Waals surface area contributed by atoms with Crippen LogP contribution in [0.15, 0.2) is 57.8 Å². The zero-order valence-electron chi connectivity index (χ0n) is 15.0. The van der Waals surface area contributed by atoms with Gasteiger partial charge in [-0.3, -0.25) is 9.59 Å². The highest BCUT2D eigenvalue weighted by molar-refractivity contribution is 5.92. The van der Waals surface area contributed by atoms with E-state index in [9.17, 15) is 9.59 Å². The number of piperidine rings is 1. The van der Waals surface area contributed by atoms with Crippen molar-refractivity contribution in [3.8, 4) is 11.3 Å². The molecule has 4 rings (SSSR count). The van der Waals surface area contributed by atoms with Gasteiger partial charge in [0.1, 0.15) is 5.76 Å². The fourth-order valence-corrected chi connectivity index (χ4v) is 3.39. The number of nitrogens with zero attached hydrogens (tertiary/aromatic N) is 4. The lowest BCUT2D eigenvalue weighted by Gasteiger charge is -2.31. The normalized spacial score (nSPS) is 15.1. The van der Waals surface area contributed by atoms with Crippen LogP contribution in [0.25, 0.3) is 11.3 Å². The van der Waals surface area contributed by atoms with E-state index in [1.807, 2.05) is 30.3 Å².